The largest absolute Gasteiger partial charge is 0.309 e. The van der Waals surface area contributed by atoms with Gasteiger partial charge in [0.15, 0.2) is 0 Å². The minimum atomic E-state index is 0.440. The van der Waals surface area contributed by atoms with Gasteiger partial charge in [0.05, 0.1) is 0 Å². The summed E-state index contributed by atoms with van der Waals surface area (Å²) in [5, 5.41) is 3.83. The zero-order chi connectivity index (χ0) is 15.5. The molecule has 0 saturated heterocycles. The highest BCUT2D eigenvalue weighted by Crippen LogP contribution is 2.38. The lowest BCUT2D eigenvalue weighted by molar-refractivity contribution is 0.367. The van der Waals surface area contributed by atoms with Gasteiger partial charge in [-0.25, -0.2) is 0 Å². The van der Waals surface area contributed by atoms with Crippen LogP contribution in [-0.2, 0) is 0 Å². The number of hydrogen-bond donors (Lipinski definition) is 1. The lowest BCUT2D eigenvalue weighted by Crippen LogP contribution is -2.40. The minimum Gasteiger partial charge on any atom is -0.309 e. The summed E-state index contributed by atoms with van der Waals surface area (Å²) in [6.45, 7) is 10.1. The zero-order valence-electron chi connectivity index (χ0n) is 14.4. The standard InChI is InChI=1S/C19H31NS/c1-14-11-16(3)18(12-15(14)2)17(4)20-13-19(21-5)9-7-6-8-10-19/h11-12,17,20H,6-10,13H2,1-5H3. The Bertz CT molecular complexity index is 475. The summed E-state index contributed by atoms with van der Waals surface area (Å²) in [6, 6.07) is 5.14. The van der Waals surface area contributed by atoms with Crippen LogP contribution in [0, 0.1) is 20.8 Å². The number of thioether (sulfide) groups is 1. The molecule has 1 saturated carbocycles. The van der Waals surface area contributed by atoms with Crippen molar-refractivity contribution in [3.8, 4) is 0 Å². The van der Waals surface area contributed by atoms with Crippen LogP contribution in [0.2, 0.25) is 0 Å². The van der Waals surface area contributed by atoms with E-state index in [1.807, 2.05) is 0 Å². The Morgan fingerprint density at radius 2 is 1.67 bits per heavy atom. The van der Waals surface area contributed by atoms with Crippen molar-refractivity contribution in [1.29, 1.82) is 0 Å². The molecule has 1 atom stereocenters. The molecule has 1 nitrogen and oxygen atoms in total. The number of nitrogens with one attached hydrogen (secondary N) is 1. The van der Waals surface area contributed by atoms with Crippen molar-refractivity contribution in [3.63, 3.8) is 0 Å². The SMILES string of the molecule is CSC1(CNC(C)c2cc(C)c(C)cc2C)CCCCC1. The van der Waals surface area contributed by atoms with E-state index in [1.54, 1.807) is 0 Å². The normalized spacial score (nSPS) is 19.5. The van der Waals surface area contributed by atoms with Crippen molar-refractivity contribution in [2.75, 3.05) is 12.8 Å². The molecule has 0 radical (unpaired) electrons. The fraction of sp³-hybridized carbons (Fsp3) is 0.684. The molecule has 0 heterocycles. The average molecular weight is 306 g/mol. The molecule has 2 heteroatoms. The third-order valence-electron chi connectivity index (χ3n) is 5.28. The van der Waals surface area contributed by atoms with Gasteiger partial charge in [-0.1, -0.05) is 31.4 Å². The van der Waals surface area contributed by atoms with Crippen LogP contribution in [0.5, 0.6) is 0 Å². The van der Waals surface area contributed by atoms with Gasteiger partial charge < -0.3 is 5.32 Å². The van der Waals surface area contributed by atoms with Gasteiger partial charge in [-0.3, -0.25) is 0 Å². The quantitative estimate of drug-likeness (QED) is 0.789. The van der Waals surface area contributed by atoms with Crippen LogP contribution in [0.3, 0.4) is 0 Å². The first-order chi connectivity index (χ1) is 9.97. The fourth-order valence-electron chi connectivity index (χ4n) is 3.55. The highest BCUT2D eigenvalue weighted by molar-refractivity contribution is 8.00. The minimum absolute atomic E-state index is 0.440. The second-order valence-electron chi connectivity index (χ2n) is 6.84. The number of benzene rings is 1. The molecule has 2 rings (SSSR count). The van der Waals surface area contributed by atoms with Gasteiger partial charge >= 0.3 is 0 Å². The van der Waals surface area contributed by atoms with E-state index in [9.17, 15) is 0 Å². The molecule has 0 aromatic heterocycles. The molecule has 0 aliphatic heterocycles. The van der Waals surface area contributed by atoms with Crippen molar-refractivity contribution < 1.29 is 0 Å². The molecule has 118 valence electrons. The van der Waals surface area contributed by atoms with Gasteiger partial charge in [-0.2, -0.15) is 11.8 Å². The van der Waals surface area contributed by atoms with Crippen LogP contribution >= 0.6 is 11.8 Å². The lowest BCUT2D eigenvalue weighted by Gasteiger charge is -2.37. The van der Waals surface area contributed by atoms with Gasteiger partial charge in [0.1, 0.15) is 0 Å². The Balaban J connectivity index is 2.04. The van der Waals surface area contributed by atoms with E-state index in [1.165, 1.54) is 54.4 Å². The second-order valence-corrected chi connectivity index (χ2v) is 8.12. The Morgan fingerprint density at radius 3 is 2.29 bits per heavy atom. The van der Waals surface area contributed by atoms with Crippen molar-refractivity contribution in [2.45, 2.75) is 70.6 Å². The molecule has 0 bridgehead atoms. The summed E-state index contributed by atoms with van der Waals surface area (Å²) in [5.74, 6) is 0. The Hall–Kier alpha value is -0.470. The molecule has 1 aliphatic rings. The molecule has 21 heavy (non-hydrogen) atoms. The fourth-order valence-corrected chi connectivity index (χ4v) is 4.47. The molecule has 1 N–H and O–H groups in total. The topological polar surface area (TPSA) is 12.0 Å². The van der Waals surface area contributed by atoms with Gasteiger partial charge in [-0.15, -0.1) is 0 Å². The number of rotatable bonds is 5. The summed E-state index contributed by atoms with van der Waals surface area (Å²) in [6.07, 6.45) is 9.27. The Labute approximate surface area is 135 Å². The molecule has 1 aromatic rings. The maximum atomic E-state index is 3.83. The van der Waals surface area contributed by atoms with E-state index in [0.29, 0.717) is 10.8 Å². The highest BCUT2D eigenvalue weighted by atomic mass is 32.2. The molecule has 1 fully saturated rings. The summed E-state index contributed by atoms with van der Waals surface area (Å²) >= 11 is 2.08. The van der Waals surface area contributed by atoms with E-state index in [4.69, 9.17) is 0 Å². The Kier molecular flexibility index (Phi) is 5.79. The van der Waals surface area contributed by atoms with Gasteiger partial charge in [0, 0.05) is 17.3 Å². The van der Waals surface area contributed by atoms with Crippen molar-refractivity contribution in [2.24, 2.45) is 0 Å². The van der Waals surface area contributed by atoms with E-state index >= 15 is 0 Å². The van der Waals surface area contributed by atoms with Gasteiger partial charge in [0.25, 0.3) is 0 Å². The third-order valence-corrected chi connectivity index (χ3v) is 6.70. The maximum Gasteiger partial charge on any atom is 0.0295 e. The zero-order valence-corrected chi connectivity index (χ0v) is 15.2. The lowest BCUT2D eigenvalue weighted by atomic mass is 9.87. The van der Waals surface area contributed by atoms with Crippen LogP contribution in [-0.4, -0.2) is 17.5 Å². The first-order valence-corrected chi connectivity index (χ1v) is 9.56. The number of hydrogen-bond acceptors (Lipinski definition) is 2. The van der Waals surface area contributed by atoms with E-state index in [-0.39, 0.29) is 0 Å². The van der Waals surface area contributed by atoms with Crippen LogP contribution < -0.4 is 5.32 Å². The third kappa shape index (κ3) is 4.04. The molecule has 0 spiro atoms. The van der Waals surface area contributed by atoms with Crippen LogP contribution in [0.4, 0.5) is 0 Å². The molecule has 1 aliphatic carbocycles. The monoisotopic (exact) mass is 305 g/mol. The molecular formula is C19H31NS. The van der Waals surface area contributed by atoms with E-state index < -0.39 is 0 Å². The molecule has 0 amide bonds. The summed E-state index contributed by atoms with van der Waals surface area (Å²) in [7, 11) is 0. The first kappa shape index (κ1) is 16.9. The summed E-state index contributed by atoms with van der Waals surface area (Å²) in [5.41, 5.74) is 5.68. The molecular weight excluding hydrogens is 274 g/mol. The van der Waals surface area contributed by atoms with Crippen molar-refractivity contribution in [1.82, 2.24) is 5.32 Å². The summed E-state index contributed by atoms with van der Waals surface area (Å²) < 4.78 is 0.472. The van der Waals surface area contributed by atoms with Crippen molar-refractivity contribution in [3.05, 3.63) is 34.4 Å². The highest BCUT2D eigenvalue weighted by Gasteiger charge is 2.31. The predicted molar refractivity (Wildman–Crippen MR) is 96.4 cm³/mol. The van der Waals surface area contributed by atoms with E-state index in [0.717, 1.165) is 6.54 Å². The first-order valence-electron chi connectivity index (χ1n) is 8.34. The Morgan fingerprint density at radius 1 is 1.05 bits per heavy atom. The van der Waals surface area contributed by atoms with Gasteiger partial charge in [0.2, 0.25) is 0 Å². The summed E-state index contributed by atoms with van der Waals surface area (Å²) in [4.78, 5) is 0. The van der Waals surface area contributed by atoms with Crippen LogP contribution in [0.25, 0.3) is 0 Å². The molecule has 1 unspecified atom stereocenters. The smallest absolute Gasteiger partial charge is 0.0295 e. The van der Waals surface area contributed by atoms with Crippen molar-refractivity contribution >= 4 is 11.8 Å². The second kappa shape index (κ2) is 7.19. The maximum absolute atomic E-state index is 3.83. The average Bonchev–Trinajstić information content (AvgIpc) is 2.49. The van der Waals surface area contributed by atoms with E-state index in [2.05, 4.69) is 63.2 Å². The predicted octanol–water partition coefficient (Wildman–Crippen LogP) is 5.33. The van der Waals surface area contributed by atoms with Crippen LogP contribution in [0.15, 0.2) is 12.1 Å². The van der Waals surface area contributed by atoms with Gasteiger partial charge in [-0.05, 0) is 69.0 Å². The number of aryl methyl sites for hydroxylation is 3. The van der Waals surface area contributed by atoms with Crippen LogP contribution in [0.1, 0.15) is 67.3 Å². The molecule has 1 aromatic carbocycles.